The third-order valence-corrected chi connectivity index (χ3v) is 1.83. The second-order valence-corrected chi connectivity index (χ2v) is 2.93. The van der Waals surface area contributed by atoms with Gasteiger partial charge in [0.25, 0.3) is 5.75 Å². The number of benzene rings is 1. The van der Waals surface area contributed by atoms with E-state index in [1.165, 1.54) is 0 Å². The Morgan fingerprint density at radius 2 is 1.60 bits per heavy atom. The summed E-state index contributed by atoms with van der Waals surface area (Å²) in [6, 6.07) is 1.99. The van der Waals surface area contributed by atoms with Crippen LogP contribution < -0.4 is 4.74 Å². The number of hydrogen-bond donors (Lipinski definition) is 0. The van der Waals surface area contributed by atoms with E-state index in [4.69, 9.17) is 11.6 Å². The lowest BCUT2D eigenvalue weighted by Crippen LogP contribution is -1.98. The number of ether oxygens (including phenoxy) is 1. The first-order valence-electron chi connectivity index (χ1n) is 3.63. The van der Waals surface area contributed by atoms with Gasteiger partial charge in [0.2, 0.25) is 0 Å². The minimum atomic E-state index is -0.794. The van der Waals surface area contributed by atoms with Crippen molar-refractivity contribution in [3.63, 3.8) is 0 Å². The third-order valence-electron chi connectivity index (χ3n) is 1.61. The lowest BCUT2D eigenvalue weighted by Gasteiger charge is -2.02. The molecule has 0 aliphatic rings. The van der Waals surface area contributed by atoms with Crippen molar-refractivity contribution in [2.24, 2.45) is 0 Å². The van der Waals surface area contributed by atoms with E-state index < -0.39 is 27.0 Å². The topological polar surface area (TPSA) is 95.5 Å². The van der Waals surface area contributed by atoms with Crippen molar-refractivity contribution in [3.8, 4) is 5.75 Å². The molecule has 0 N–H and O–H groups in total. The summed E-state index contributed by atoms with van der Waals surface area (Å²) in [5.41, 5.74) is -1.06. The fourth-order valence-corrected chi connectivity index (χ4v) is 1.25. The van der Waals surface area contributed by atoms with E-state index in [-0.39, 0.29) is 5.02 Å². The summed E-state index contributed by atoms with van der Waals surface area (Å²) < 4.78 is 4.61. The number of rotatable bonds is 3. The van der Waals surface area contributed by atoms with Gasteiger partial charge in [-0.2, -0.15) is 0 Å². The van der Waals surface area contributed by atoms with Crippen molar-refractivity contribution in [1.82, 2.24) is 0 Å². The molecule has 0 saturated carbocycles. The molecule has 0 bridgehead atoms. The highest BCUT2D eigenvalue weighted by Crippen LogP contribution is 2.38. The van der Waals surface area contributed by atoms with Crippen molar-refractivity contribution >= 4 is 23.0 Å². The Balaban J connectivity index is 3.52. The summed E-state index contributed by atoms with van der Waals surface area (Å²) >= 11 is 5.50. The highest BCUT2D eigenvalue weighted by Gasteiger charge is 2.27. The normalized spacial score (nSPS) is 9.73. The highest BCUT2D eigenvalue weighted by molar-refractivity contribution is 6.31. The maximum atomic E-state index is 10.6. The van der Waals surface area contributed by atoms with Crippen LogP contribution in [0.3, 0.4) is 0 Å². The Morgan fingerprint density at radius 1 is 1.20 bits per heavy atom. The van der Waals surface area contributed by atoms with Gasteiger partial charge in [-0.15, -0.1) is 0 Å². The Bertz CT molecular complexity index is 398. The molecular weight excluding hydrogens is 228 g/mol. The quantitative estimate of drug-likeness (QED) is 0.588. The molecule has 0 aliphatic carbocycles. The first-order chi connectivity index (χ1) is 6.97. The van der Waals surface area contributed by atoms with Gasteiger partial charge in [-0.1, -0.05) is 11.6 Å². The van der Waals surface area contributed by atoms with Gasteiger partial charge >= 0.3 is 11.4 Å². The Morgan fingerprint density at radius 3 is 1.87 bits per heavy atom. The van der Waals surface area contributed by atoms with Gasteiger partial charge in [-0.05, 0) is 0 Å². The fourth-order valence-electron chi connectivity index (χ4n) is 1.05. The highest BCUT2D eigenvalue weighted by atomic mass is 35.5. The molecule has 8 heteroatoms. The van der Waals surface area contributed by atoms with Crippen LogP contribution >= 0.6 is 11.6 Å². The summed E-state index contributed by atoms with van der Waals surface area (Å²) in [5.74, 6) is -0.408. The lowest BCUT2D eigenvalue weighted by molar-refractivity contribution is -0.395. The van der Waals surface area contributed by atoms with Crippen molar-refractivity contribution in [3.05, 3.63) is 37.4 Å². The first-order valence-corrected chi connectivity index (χ1v) is 4.01. The van der Waals surface area contributed by atoms with Crippen LogP contribution in [0.25, 0.3) is 0 Å². The maximum Gasteiger partial charge on any atom is 0.319 e. The number of halogens is 1. The predicted octanol–water partition coefficient (Wildman–Crippen LogP) is 2.17. The molecule has 0 fully saturated rings. The van der Waals surface area contributed by atoms with Gasteiger partial charge < -0.3 is 4.74 Å². The van der Waals surface area contributed by atoms with Crippen LogP contribution in [0.5, 0.6) is 5.75 Å². The number of methoxy groups -OCH3 is 1. The molecule has 0 radical (unpaired) electrons. The van der Waals surface area contributed by atoms with Crippen LogP contribution in [0.1, 0.15) is 0 Å². The molecule has 1 rings (SSSR count). The van der Waals surface area contributed by atoms with Crippen LogP contribution in [0.4, 0.5) is 11.4 Å². The van der Waals surface area contributed by atoms with Gasteiger partial charge in [-0.3, -0.25) is 20.2 Å². The van der Waals surface area contributed by atoms with Gasteiger partial charge in [0, 0.05) is 12.1 Å². The molecule has 80 valence electrons. The van der Waals surface area contributed by atoms with E-state index in [0.717, 1.165) is 19.2 Å². The number of nitro benzene ring substituents is 2. The molecule has 0 spiro atoms. The molecule has 0 aliphatic heterocycles. The molecule has 0 aromatic heterocycles. The maximum absolute atomic E-state index is 10.6. The second kappa shape index (κ2) is 4.09. The Hall–Kier alpha value is -1.89. The van der Waals surface area contributed by atoms with Crippen LogP contribution in [0.2, 0.25) is 5.02 Å². The first kappa shape index (κ1) is 11.2. The van der Waals surface area contributed by atoms with Gasteiger partial charge in [-0.25, -0.2) is 0 Å². The van der Waals surface area contributed by atoms with E-state index in [2.05, 4.69) is 4.74 Å². The minimum absolute atomic E-state index is 0.0887. The molecule has 0 heterocycles. The van der Waals surface area contributed by atoms with E-state index in [1.54, 1.807) is 0 Å². The van der Waals surface area contributed by atoms with Crippen LogP contribution in [0, 0.1) is 20.2 Å². The molecule has 7 nitrogen and oxygen atoms in total. The molecule has 0 unspecified atom stereocenters. The molecular formula is C7H5ClN2O5. The van der Waals surface area contributed by atoms with Crippen molar-refractivity contribution in [1.29, 1.82) is 0 Å². The Labute approximate surface area is 88.5 Å². The van der Waals surface area contributed by atoms with Crippen LogP contribution in [-0.2, 0) is 0 Å². The van der Waals surface area contributed by atoms with E-state index in [0.29, 0.717) is 0 Å². The van der Waals surface area contributed by atoms with Gasteiger partial charge in [0.15, 0.2) is 0 Å². The zero-order valence-corrected chi connectivity index (χ0v) is 8.22. The van der Waals surface area contributed by atoms with Gasteiger partial charge in [0.05, 0.1) is 22.0 Å². The monoisotopic (exact) mass is 232 g/mol. The molecule has 0 amide bonds. The standard InChI is InChI=1S/C7H5ClN2O5/c1-15-7-5(9(11)12)2-4(8)3-6(7)10(13)14/h2-3H,1H3. The number of nitro groups is 2. The van der Waals surface area contributed by atoms with E-state index >= 15 is 0 Å². The van der Waals surface area contributed by atoms with E-state index in [1.807, 2.05) is 0 Å². The second-order valence-electron chi connectivity index (χ2n) is 2.49. The summed E-state index contributed by atoms with van der Waals surface area (Å²) in [7, 11) is 1.11. The third kappa shape index (κ3) is 2.13. The Kier molecular flexibility index (Phi) is 3.05. The zero-order valence-electron chi connectivity index (χ0n) is 7.47. The molecule has 15 heavy (non-hydrogen) atoms. The zero-order chi connectivity index (χ0) is 11.6. The minimum Gasteiger partial charge on any atom is -0.485 e. The lowest BCUT2D eigenvalue weighted by atomic mass is 10.2. The molecule has 0 atom stereocenters. The molecule has 1 aromatic rings. The van der Waals surface area contributed by atoms with Gasteiger partial charge in [0.1, 0.15) is 0 Å². The van der Waals surface area contributed by atoms with E-state index in [9.17, 15) is 20.2 Å². The van der Waals surface area contributed by atoms with Crippen molar-refractivity contribution in [2.45, 2.75) is 0 Å². The molecule has 1 aromatic carbocycles. The summed E-state index contributed by atoms with van der Waals surface area (Å²) in [4.78, 5) is 19.5. The fraction of sp³-hybridized carbons (Fsp3) is 0.143. The molecule has 0 saturated heterocycles. The number of nitrogens with zero attached hydrogens (tertiary/aromatic N) is 2. The SMILES string of the molecule is COc1c([N+](=O)[O-])cc(Cl)cc1[N+](=O)[O-]. The average Bonchev–Trinajstić information content (AvgIpc) is 2.16. The van der Waals surface area contributed by atoms with Crippen molar-refractivity contribution < 1.29 is 14.6 Å². The van der Waals surface area contributed by atoms with Crippen LogP contribution in [0.15, 0.2) is 12.1 Å². The predicted molar refractivity (Wildman–Crippen MR) is 51.3 cm³/mol. The number of hydrogen-bond acceptors (Lipinski definition) is 5. The summed E-state index contributed by atoms with van der Waals surface area (Å²) in [5, 5.41) is 21.0. The smallest absolute Gasteiger partial charge is 0.319 e. The van der Waals surface area contributed by atoms with Crippen molar-refractivity contribution in [2.75, 3.05) is 7.11 Å². The largest absolute Gasteiger partial charge is 0.485 e. The average molecular weight is 233 g/mol. The summed E-state index contributed by atoms with van der Waals surface area (Å²) in [6.45, 7) is 0. The van der Waals surface area contributed by atoms with Crippen LogP contribution in [-0.4, -0.2) is 17.0 Å². The summed E-state index contributed by atoms with van der Waals surface area (Å²) in [6.07, 6.45) is 0.